The predicted molar refractivity (Wildman–Crippen MR) is 116 cm³/mol. The number of benzene rings is 1. The maximum atomic E-state index is 13.1. The normalized spacial score (nSPS) is 15.1. The van der Waals surface area contributed by atoms with E-state index < -0.39 is 0 Å². The number of carbonyl (C=O) groups is 1. The van der Waals surface area contributed by atoms with Crippen molar-refractivity contribution in [2.45, 2.75) is 32.9 Å². The van der Waals surface area contributed by atoms with E-state index in [1.807, 2.05) is 19.1 Å². The summed E-state index contributed by atoms with van der Waals surface area (Å²) in [5.41, 5.74) is 7.44. The molecule has 1 aromatic heterocycles. The predicted octanol–water partition coefficient (Wildman–Crippen LogP) is 2.18. The largest absolute Gasteiger partial charge is 0.369 e. The standard InChI is InChI=1S/C22H29FN6O/c1-2-25-22(27-14-16-5-7-19(23)8-6-16)28-15-18-4-3-11-26-21(18)29-12-9-17(10-13-29)20(24)30/h3-8,11,17H,2,9-10,12-15H2,1H3,(H2,24,30)(H2,25,27,28). The maximum absolute atomic E-state index is 13.1. The molecule has 1 amide bonds. The SMILES string of the molecule is CCNC(=NCc1ccc(F)cc1)NCc1cccnc1N1CCC(C(N)=O)CC1. The Labute approximate surface area is 176 Å². The Morgan fingerprint density at radius 3 is 2.63 bits per heavy atom. The molecule has 7 nitrogen and oxygen atoms in total. The lowest BCUT2D eigenvalue weighted by atomic mass is 9.96. The number of primary amides is 1. The van der Waals surface area contributed by atoms with Gasteiger partial charge in [-0.05, 0) is 43.5 Å². The molecule has 1 fully saturated rings. The molecular formula is C22H29FN6O. The number of guanidine groups is 1. The molecule has 30 heavy (non-hydrogen) atoms. The highest BCUT2D eigenvalue weighted by Crippen LogP contribution is 2.24. The van der Waals surface area contributed by atoms with Crippen LogP contribution in [0.3, 0.4) is 0 Å². The fourth-order valence-corrected chi connectivity index (χ4v) is 3.51. The van der Waals surface area contributed by atoms with Gasteiger partial charge in [0.15, 0.2) is 5.96 Å². The first-order valence-corrected chi connectivity index (χ1v) is 10.3. The van der Waals surface area contributed by atoms with Crippen molar-refractivity contribution in [2.75, 3.05) is 24.5 Å². The molecule has 0 spiro atoms. The van der Waals surface area contributed by atoms with Crippen molar-refractivity contribution >= 4 is 17.7 Å². The third kappa shape index (κ3) is 5.92. The third-order valence-corrected chi connectivity index (χ3v) is 5.19. The van der Waals surface area contributed by atoms with Gasteiger partial charge in [-0.1, -0.05) is 18.2 Å². The van der Waals surface area contributed by atoms with Crippen molar-refractivity contribution in [3.05, 3.63) is 59.5 Å². The van der Waals surface area contributed by atoms with Crippen LogP contribution in [0.1, 0.15) is 30.9 Å². The van der Waals surface area contributed by atoms with Gasteiger partial charge in [0, 0.05) is 43.9 Å². The number of piperidine rings is 1. The number of carbonyl (C=O) groups excluding carboxylic acids is 1. The Kier molecular flexibility index (Phi) is 7.59. The Balaban J connectivity index is 1.64. The summed E-state index contributed by atoms with van der Waals surface area (Å²) in [5, 5.41) is 6.58. The summed E-state index contributed by atoms with van der Waals surface area (Å²) in [6, 6.07) is 10.3. The average molecular weight is 413 g/mol. The van der Waals surface area contributed by atoms with Gasteiger partial charge >= 0.3 is 0 Å². The molecule has 1 aliphatic heterocycles. The number of amides is 1. The number of aliphatic imine (C=N–C) groups is 1. The van der Waals surface area contributed by atoms with Crippen LogP contribution in [0.15, 0.2) is 47.6 Å². The summed E-state index contributed by atoms with van der Waals surface area (Å²) in [7, 11) is 0. The van der Waals surface area contributed by atoms with Crippen LogP contribution in [0.25, 0.3) is 0 Å². The fourth-order valence-electron chi connectivity index (χ4n) is 3.51. The van der Waals surface area contributed by atoms with E-state index in [0.29, 0.717) is 19.0 Å². The number of nitrogens with zero attached hydrogens (tertiary/aromatic N) is 3. The van der Waals surface area contributed by atoms with Crippen LogP contribution in [0, 0.1) is 11.7 Å². The second-order valence-corrected chi connectivity index (χ2v) is 7.33. The van der Waals surface area contributed by atoms with Crippen LogP contribution >= 0.6 is 0 Å². The molecule has 3 rings (SSSR count). The van der Waals surface area contributed by atoms with Crippen molar-refractivity contribution in [1.82, 2.24) is 15.6 Å². The molecule has 8 heteroatoms. The molecule has 0 radical (unpaired) electrons. The van der Waals surface area contributed by atoms with Crippen LogP contribution in [0.4, 0.5) is 10.2 Å². The van der Waals surface area contributed by atoms with Gasteiger partial charge in [0.2, 0.25) is 5.91 Å². The molecule has 160 valence electrons. The maximum Gasteiger partial charge on any atom is 0.220 e. The molecule has 2 aromatic rings. The molecule has 0 unspecified atom stereocenters. The lowest BCUT2D eigenvalue weighted by Crippen LogP contribution is -2.40. The van der Waals surface area contributed by atoms with Gasteiger partial charge in [0.05, 0.1) is 6.54 Å². The molecule has 1 aromatic carbocycles. The molecule has 2 heterocycles. The van der Waals surface area contributed by atoms with Gasteiger partial charge in [-0.3, -0.25) is 4.79 Å². The topological polar surface area (TPSA) is 95.6 Å². The van der Waals surface area contributed by atoms with Gasteiger partial charge in [0.25, 0.3) is 0 Å². The monoisotopic (exact) mass is 412 g/mol. The van der Waals surface area contributed by atoms with Gasteiger partial charge < -0.3 is 21.3 Å². The minimum Gasteiger partial charge on any atom is -0.369 e. The summed E-state index contributed by atoms with van der Waals surface area (Å²) in [6.07, 6.45) is 3.29. The van der Waals surface area contributed by atoms with Crippen LogP contribution in [-0.2, 0) is 17.9 Å². The molecule has 4 N–H and O–H groups in total. The van der Waals surface area contributed by atoms with Crippen LogP contribution in [0.2, 0.25) is 0 Å². The van der Waals surface area contributed by atoms with Crippen LogP contribution < -0.4 is 21.3 Å². The summed E-state index contributed by atoms with van der Waals surface area (Å²) in [4.78, 5) is 22.8. The van der Waals surface area contributed by atoms with Crippen molar-refractivity contribution in [3.8, 4) is 0 Å². The third-order valence-electron chi connectivity index (χ3n) is 5.19. The summed E-state index contributed by atoms with van der Waals surface area (Å²) in [5.74, 6) is 1.08. The second kappa shape index (κ2) is 10.6. The zero-order valence-electron chi connectivity index (χ0n) is 17.3. The minimum atomic E-state index is -0.253. The Morgan fingerprint density at radius 1 is 1.23 bits per heavy atom. The van der Waals surface area contributed by atoms with E-state index in [1.54, 1.807) is 18.3 Å². The lowest BCUT2D eigenvalue weighted by Gasteiger charge is -2.32. The van der Waals surface area contributed by atoms with E-state index in [2.05, 4.69) is 25.5 Å². The van der Waals surface area contributed by atoms with Crippen LogP contribution in [0.5, 0.6) is 0 Å². The Bertz CT molecular complexity index is 862. The quantitative estimate of drug-likeness (QED) is 0.479. The second-order valence-electron chi connectivity index (χ2n) is 7.33. The number of hydrogen-bond acceptors (Lipinski definition) is 4. The molecule has 1 aliphatic rings. The first-order chi connectivity index (χ1) is 14.6. The highest BCUT2D eigenvalue weighted by Gasteiger charge is 2.24. The zero-order chi connectivity index (χ0) is 21.3. The van der Waals surface area contributed by atoms with Gasteiger partial charge in [-0.15, -0.1) is 0 Å². The van der Waals surface area contributed by atoms with Crippen molar-refractivity contribution < 1.29 is 9.18 Å². The van der Waals surface area contributed by atoms with Crippen molar-refractivity contribution in [2.24, 2.45) is 16.6 Å². The number of halogens is 1. The van der Waals surface area contributed by atoms with Gasteiger partial charge in [0.1, 0.15) is 11.6 Å². The van der Waals surface area contributed by atoms with E-state index in [0.717, 1.165) is 49.4 Å². The van der Waals surface area contributed by atoms with E-state index in [9.17, 15) is 9.18 Å². The van der Waals surface area contributed by atoms with E-state index in [-0.39, 0.29) is 17.6 Å². The van der Waals surface area contributed by atoms with Gasteiger partial charge in [-0.2, -0.15) is 0 Å². The van der Waals surface area contributed by atoms with Crippen molar-refractivity contribution in [1.29, 1.82) is 0 Å². The summed E-state index contributed by atoms with van der Waals surface area (Å²) < 4.78 is 13.1. The number of pyridine rings is 1. The molecular weight excluding hydrogens is 383 g/mol. The Hall–Kier alpha value is -3.16. The van der Waals surface area contributed by atoms with Crippen LogP contribution in [-0.4, -0.2) is 36.5 Å². The lowest BCUT2D eigenvalue weighted by molar-refractivity contribution is -0.122. The molecule has 0 aliphatic carbocycles. The summed E-state index contributed by atoms with van der Waals surface area (Å²) in [6.45, 7) is 5.28. The number of nitrogens with two attached hydrogens (primary N) is 1. The van der Waals surface area contributed by atoms with Crippen molar-refractivity contribution in [3.63, 3.8) is 0 Å². The number of nitrogens with one attached hydrogen (secondary N) is 2. The number of anilines is 1. The number of rotatable bonds is 7. The first kappa shape index (κ1) is 21.5. The Morgan fingerprint density at radius 2 is 1.97 bits per heavy atom. The molecule has 0 bridgehead atoms. The fraction of sp³-hybridized carbons (Fsp3) is 0.409. The minimum absolute atomic E-state index is 0.0505. The molecule has 1 saturated heterocycles. The average Bonchev–Trinajstić information content (AvgIpc) is 2.77. The highest BCUT2D eigenvalue weighted by atomic mass is 19.1. The van der Waals surface area contributed by atoms with Gasteiger partial charge in [-0.25, -0.2) is 14.4 Å². The number of aromatic nitrogens is 1. The van der Waals surface area contributed by atoms with E-state index >= 15 is 0 Å². The first-order valence-electron chi connectivity index (χ1n) is 10.3. The highest BCUT2D eigenvalue weighted by molar-refractivity contribution is 5.80. The smallest absolute Gasteiger partial charge is 0.220 e. The summed E-state index contributed by atoms with van der Waals surface area (Å²) >= 11 is 0. The number of hydrogen-bond donors (Lipinski definition) is 3. The van der Waals surface area contributed by atoms with E-state index in [4.69, 9.17) is 5.73 Å². The zero-order valence-corrected chi connectivity index (χ0v) is 17.3. The van der Waals surface area contributed by atoms with E-state index in [1.165, 1.54) is 12.1 Å². The molecule has 0 atom stereocenters. The molecule has 0 saturated carbocycles.